The van der Waals surface area contributed by atoms with Gasteiger partial charge in [-0.25, -0.2) is 18.4 Å². The predicted octanol–water partition coefficient (Wildman–Crippen LogP) is 1.96. The van der Waals surface area contributed by atoms with E-state index in [4.69, 9.17) is 9.88 Å². The zero-order chi connectivity index (χ0) is 19.4. The summed E-state index contributed by atoms with van der Waals surface area (Å²) in [6.45, 7) is 2.24. The van der Waals surface area contributed by atoms with Gasteiger partial charge in [-0.05, 0) is 48.4 Å². The number of likely N-dealkylation sites (N-methyl/N-ethyl adjacent to an activating group) is 1. The van der Waals surface area contributed by atoms with E-state index in [2.05, 4.69) is 5.32 Å². The molecule has 0 radical (unpaired) electrons. The van der Waals surface area contributed by atoms with E-state index in [0.717, 1.165) is 16.8 Å². The number of para-hydroxylation sites is 1. The molecule has 2 aliphatic rings. The molecule has 27 heavy (non-hydrogen) atoms. The molecule has 0 amide bonds. The second-order valence-electron chi connectivity index (χ2n) is 6.81. The molecule has 0 bridgehead atoms. The maximum absolute atomic E-state index is 12.9. The monoisotopic (exact) mass is 385 g/mol. The van der Waals surface area contributed by atoms with E-state index >= 15 is 0 Å². The van der Waals surface area contributed by atoms with Gasteiger partial charge in [0.05, 0.1) is 10.6 Å². The minimum atomic E-state index is -3.87. The molecule has 1 unspecified atom stereocenters. The summed E-state index contributed by atoms with van der Waals surface area (Å²) in [6, 6.07) is 12.0. The first kappa shape index (κ1) is 17.6. The van der Waals surface area contributed by atoms with Crippen LogP contribution in [0.4, 0.5) is 11.4 Å². The Kier molecular flexibility index (Phi) is 3.79. The highest BCUT2D eigenvalue weighted by molar-refractivity contribution is 7.89. The molecular formula is C19H19N3O4S. The first-order valence-electron chi connectivity index (χ1n) is 8.38. The van der Waals surface area contributed by atoms with Gasteiger partial charge in [-0.15, -0.1) is 0 Å². The highest BCUT2D eigenvalue weighted by Crippen LogP contribution is 2.43. The van der Waals surface area contributed by atoms with Crippen LogP contribution in [0.2, 0.25) is 0 Å². The van der Waals surface area contributed by atoms with Crippen molar-refractivity contribution in [3.63, 3.8) is 0 Å². The van der Waals surface area contributed by atoms with Crippen LogP contribution >= 0.6 is 0 Å². The Morgan fingerprint density at radius 3 is 2.70 bits per heavy atom. The first-order valence-corrected chi connectivity index (χ1v) is 9.93. The van der Waals surface area contributed by atoms with Gasteiger partial charge in [0.15, 0.2) is 11.3 Å². The first-order chi connectivity index (χ1) is 12.7. The number of nitrogens with zero attached hydrogens (tertiary/aromatic N) is 1. The number of nitrogens with one attached hydrogen (secondary N) is 1. The third-order valence-electron chi connectivity index (χ3n) is 5.28. The molecule has 0 saturated heterocycles. The van der Waals surface area contributed by atoms with Crippen molar-refractivity contribution in [2.45, 2.75) is 17.4 Å². The van der Waals surface area contributed by atoms with E-state index < -0.39 is 21.5 Å². The van der Waals surface area contributed by atoms with E-state index in [1.54, 1.807) is 18.9 Å². The molecule has 7 nitrogen and oxygen atoms in total. The van der Waals surface area contributed by atoms with Crippen LogP contribution in [0, 0.1) is 0 Å². The van der Waals surface area contributed by atoms with Crippen molar-refractivity contribution in [1.82, 2.24) is 0 Å². The maximum atomic E-state index is 12.9. The number of fused-ring (bicyclic) bond motifs is 2. The SMILES string of the molecule is CN1c2cc(S(N)(=O)=O)ccc2OC(=O)C1(C)C1=Cc2ccccc2NC1. The van der Waals surface area contributed by atoms with Gasteiger partial charge in [-0.3, -0.25) is 0 Å². The van der Waals surface area contributed by atoms with Crippen LogP contribution in [0.5, 0.6) is 5.75 Å². The second kappa shape index (κ2) is 5.83. The van der Waals surface area contributed by atoms with Crippen LogP contribution in [-0.4, -0.2) is 33.5 Å². The summed E-state index contributed by atoms with van der Waals surface area (Å²) in [6.07, 6.45) is 1.97. The normalized spacial score (nSPS) is 21.5. The number of esters is 1. The van der Waals surface area contributed by atoms with Crippen LogP contribution in [0.25, 0.3) is 6.08 Å². The standard InChI is InChI=1S/C19H19N3O4S/c1-19(13-9-12-5-3-4-6-15(12)21-11-13)18(23)26-17-8-7-14(27(20,24)25)10-16(17)22(19)2/h3-10,21H,11H2,1-2H3,(H2,20,24,25). The Bertz CT molecular complexity index is 1090. The molecule has 140 valence electrons. The fraction of sp³-hybridized carbons (Fsp3) is 0.211. The van der Waals surface area contributed by atoms with E-state index in [-0.39, 0.29) is 4.90 Å². The van der Waals surface area contributed by atoms with Crippen LogP contribution < -0.4 is 20.1 Å². The number of primary sulfonamides is 1. The lowest BCUT2D eigenvalue weighted by molar-refractivity contribution is -0.139. The fourth-order valence-electron chi connectivity index (χ4n) is 3.47. The van der Waals surface area contributed by atoms with Gasteiger partial charge >= 0.3 is 5.97 Å². The van der Waals surface area contributed by atoms with Crippen LogP contribution in [0.15, 0.2) is 52.9 Å². The number of nitrogens with two attached hydrogens (primary N) is 1. The molecule has 0 aromatic heterocycles. The smallest absolute Gasteiger partial charge is 0.341 e. The summed E-state index contributed by atoms with van der Waals surface area (Å²) in [5.41, 5.74) is 2.19. The topological polar surface area (TPSA) is 102 Å². The Balaban J connectivity index is 1.83. The number of carbonyl (C=O) groups is 1. The number of benzene rings is 2. The van der Waals surface area contributed by atoms with Gasteiger partial charge in [-0.2, -0.15) is 0 Å². The molecule has 2 aliphatic heterocycles. The van der Waals surface area contributed by atoms with E-state index in [0.29, 0.717) is 18.0 Å². The van der Waals surface area contributed by atoms with Crippen LogP contribution in [0.1, 0.15) is 12.5 Å². The largest absolute Gasteiger partial charge is 0.422 e. The van der Waals surface area contributed by atoms with Gasteiger partial charge in [0.1, 0.15) is 0 Å². The van der Waals surface area contributed by atoms with Crippen molar-refractivity contribution in [1.29, 1.82) is 0 Å². The highest BCUT2D eigenvalue weighted by Gasteiger charge is 2.48. The molecule has 3 N–H and O–H groups in total. The number of carbonyl (C=O) groups excluding carboxylic acids is 1. The van der Waals surface area contributed by atoms with Gasteiger partial charge < -0.3 is 15.0 Å². The van der Waals surface area contributed by atoms with Gasteiger partial charge in [0, 0.05) is 19.3 Å². The summed E-state index contributed by atoms with van der Waals surface area (Å²) < 4.78 is 29.0. The molecule has 0 saturated carbocycles. The maximum Gasteiger partial charge on any atom is 0.341 e. The van der Waals surface area contributed by atoms with Crippen molar-refractivity contribution in [3.8, 4) is 5.75 Å². The average Bonchev–Trinajstić information content (AvgIpc) is 2.65. The van der Waals surface area contributed by atoms with Crippen molar-refractivity contribution >= 4 is 33.4 Å². The lowest BCUT2D eigenvalue weighted by Gasteiger charge is -2.44. The van der Waals surface area contributed by atoms with E-state index in [9.17, 15) is 13.2 Å². The average molecular weight is 385 g/mol. The molecule has 2 heterocycles. The zero-order valence-electron chi connectivity index (χ0n) is 14.9. The van der Waals surface area contributed by atoms with E-state index in [1.807, 2.05) is 30.3 Å². The molecule has 0 fully saturated rings. The summed E-state index contributed by atoms with van der Waals surface area (Å²) in [5, 5.41) is 8.57. The second-order valence-corrected chi connectivity index (χ2v) is 8.37. The Labute approximate surface area is 157 Å². The Morgan fingerprint density at radius 1 is 1.22 bits per heavy atom. The minimum absolute atomic E-state index is 0.0329. The van der Waals surface area contributed by atoms with Crippen molar-refractivity contribution in [3.05, 3.63) is 53.6 Å². The Hall–Kier alpha value is -2.84. The third-order valence-corrected chi connectivity index (χ3v) is 6.19. The molecule has 1 atom stereocenters. The molecule has 2 aromatic carbocycles. The predicted molar refractivity (Wildman–Crippen MR) is 103 cm³/mol. The molecule has 4 rings (SSSR count). The number of rotatable bonds is 2. The van der Waals surface area contributed by atoms with E-state index in [1.165, 1.54) is 18.2 Å². The number of anilines is 2. The minimum Gasteiger partial charge on any atom is -0.422 e. The van der Waals surface area contributed by atoms with Gasteiger partial charge in [-0.1, -0.05) is 18.2 Å². The quantitative estimate of drug-likeness (QED) is 0.605. The van der Waals surface area contributed by atoms with Crippen LogP contribution in [-0.2, 0) is 14.8 Å². The van der Waals surface area contributed by atoms with Crippen molar-refractivity contribution in [2.24, 2.45) is 5.14 Å². The summed E-state index contributed by atoms with van der Waals surface area (Å²) in [5.74, 6) is -0.120. The number of hydrogen-bond donors (Lipinski definition) is 2. The van der Waals surface area contributed by atoms with Crippen molar-refractivity contribution < 1.29 is 17.9 Å². The molecule has 8 heteroatoms. The summed E-state index contributed by atoms with van der Waals surface area (Å²) in [7, 11) is -2.13. The third kappa shape index (κ3) is 2.68. The van der Waals surface area contributed by atoms with Crippen molar-refractivity contribution in [2.75, 3.05) is 23.8 Å². The molecule has 0 aliphatic carbocycles. The number of ether oxygens (including phenoxy) is 1. The highest BCUT2D eigenvalue weighted by atomic mass is 32.2. The van der Waals surface area contributed by atoms with Gasteiger partial charge in [0.25, 0.3) is 0 Å². The molecule has 2 aromatic rings. The lowest BCUT2D eigenvalue weighted by Crippen LogP contribution is -2.58. The number of sulfonamides is 1. The van der Waals surface area contributed by atoms with Gasteiger partial charge in [0.2, 0.25) is 10.0 Å². The lowest BCUT2D eigenvalue weighted by atomic mass is 9.85. The molecule has 0 spiro atoms. The molecular weight excluding hydrogens is 366 g/mol. The summed E-state index contributed by atoms with van der Waals surface area (Å²) >= 11 is 0. The zero-order valence-corrected chi connectivity index (χ0v) is 15.7. The fourth-order valence-corrected chi connectivity index (χ4v) is 4.01. The van der Waals surface area contributed by atoms with Crippen LogP contribution in [0.3, 0.4) is 0 Å². The Morgan fingerprint density at radius 2 is 1.96 bits per heavy atom. The summed E-state index contributed by atoms with van der Waals surface area (Å²) in [4.78, 5) is 14.6. The number of hydrogen-bond acceptors (Lipinski definition) is 6.